The van der Waals surface area contributed by atoms with E-state index in [9.17, 15) is 8.42 Å². The van der Waals surface area contributed by atoms with E-state index < -0.39 is 9.84 Å². The van der Waals surface area contributed by atoms with Gasteiger partial charge in [0, 0.05) is 25.9 Å². The molecule has 152 valence electrons. The average Bonchev–Trinajstić information content (AvgIpc) is 3.21. The molecule has 27 heavy (non-hydrogen) atoms. The first-order valence-electron chi connectivity index (χ1n) is 9.52. The topological polar surface area (TPSA) is 83.0 Å². The maximum absolute atomic E-state index is 11.6. The molecule has 1 aliphatic rings. The fourth-order valence-electron chi connectivity index (χ4n) is 3.22. The molecule has 1 heterocycles. The van der Waals surface area contributed by atoms with Crippen LogP contribution in [0.25, 0.3) is 0 Å². The van der Waals surface area contributed by atoms with Crippen molar-refractivity contribution in [1.82, 2.24) is 15.5 Å². The summed E-state index contributed by atoms with van der Waals surface area (Å²) in [4.78, 5) is 6.69. The second-order valence-corrected chi connectivity index (χ2v) is 9.12. The molecule has 1 fully saturated rings. The first-order valence-corrected chi connectivity index (χ1v) is 11.3. The summed E-state index contributed by atoms with van der Waals surface area (Å²) < 4.78 is 28.5. The van der Waals surface area contributed by atoms with Gasteiger partial charge in [-0.1, -0.05) is 19.1 Å². The van der Waals surface area contributed by atoms with Crippen molar-refractivity contribution in [2.75, 3.05) is 51.8 Å². The highest BCUT2D eigenvalue weighted by molar-refractivity contribution is 7.91. The van der Waals surface area contributed by atoms with Crippen LogP contribution >= 0.6 is 0 Å². The first kappa shape index (κ1) is 21.5. The molecular weight excluding hydrogens is 364 g/mol. The standard InChI is InChI=1S/C19H32N4O3S/c1-4-27(24,25)14-11-21-19(20-2)22-15-18(23-12-5-6-13-23)16-7-9-17(26-3)10-8-16/h7-10,18H,4-6,11-15H2,1-3H3,(H2,20,21,22). The van der Waals surface area contributed by atoms with E-state index in [1.807, 2.05) is 12.1 Å². The van der Waals surface area contributed by atoms with Gasteiger partial charge in [-0.3, -0.25) is 9.89 Å². The van der Waals surface area contributed by atoms with Gasteiger partial charge >= 0.3 is 0 Å². The third kappa shape index (κ3) is 6.70. The second kappa shape index (κ2) is 10.5. The number of likely N-dealkylation sites (tertiary alicyclic amines) is 1. The molecule has 0 aromatic heterocycles. The Labute approximate surface area is 163 Å². The quantitative estimate of drug-likeness (QED) is 0.485. The van der Waals surface area contributed by atoms with Crippen LogP contribution in [0.5, 0.6) is 5.75 Å². The summed E-state index contributed by atoms with van der Waals surface area (Å²) in [6.07, 6.45) is 2.43. The maximum Gasteiger partial charge on any atom is 0.191 e. The van der Waals surface area contributed by atoms with E-state index in [4.69, 9.17) is 4.74 Å². The highest BCUT2D eigenvalue weighted by atomic mass is 32.2. The summed E-state index contributed by atoms with van der Waals surface area (Å²) in [6.45, 7) is 4.88. The lowest BCUT2D eigenvalue weighted by Gasteiger charge is -2.29. The molecule has 1 unspecified atom stereocenters. The smallest absolute Gasteiger partial charge is 0.191 e. The molecule has 1 atom stereocenters. The van der Waals surface area contributed by atoms with E-state index in [-0.39, 0.29) is 17.5 Å². The number of methoxy groups -OCH3 is 1. The molecule has 7 nitrogen and oxygen atoms in total. The number of sulfone groups is 1. The Morgan fingerprint density at radius 2 is 1.89 bits per heavy atom. The summed E-state index contributed by atoms with van der Waals surface area (Å²) in [5, 5.41) is 6.45. The molecule has 0 amide bonds. The molecule has 2 N–H and O–H groups in total. The van der Waals surface area contributed by atoms with Gasteiger partial charge in [0.25, 0.3) is 0 Å². The van der Waals surface area contributed by atoms with E-state index in [1.165, 1.54) is 18.4 Å². The highest BCUT2D eigenvalue weighted by Gasteiger charge is 2.23. The van der Waals surface area contributed by atoms with Crippen molar-refractivity contribution in [3.8, 4) is 5.75 Å². The molecule has 0 aliphatic carbocycles. The Hall–Kier alpha value is -1.80. The van der Waals surface area contributed by atoms with Gasteiger partial charge in [0.05, 0.1) is 18.9 Å². The molecule has 1 saturated heterocycles. The Morgan fingerprint density at radius 3 is 2.44 bits per heavy atom. The molecule has 2 rings (SSSR count). The normalized spacial score (nSPS) is 16.9. The Kier molecular flexibility index (Phi) is 8.37. The van der Waals surface area contributed by atoms with Crippen LogP contribution in [0.2, 0.25) is 0 Å². The van der Waals surface area contributed by atoms with E-state index in [0.717, 1.165) is 18.8 Å². The minimum absolute atomic E-state index is 0.109. The fraction of sp³-hybridized carbons (Fsp3) is 0.632. The van der Waals surface area contributed by atoms with Gasteiger partial charge in [0.15, 0.2) is 15.8 Å². The molecule has 0 bridgehead atoms. The summed E-state index contributed by atoms with van der Waals surface area (Å²) in [5.74, 6) is 1.74. The lowest BCUT2D eigenvalue weighted by molar-refractivity contribution is 0.245. The van der Waals surface area contributed by atoms with Gasteiger partial charge in [-0.25, -0.2) is 8.42 Å². The number of rotatable bonds is 9. The molecule has 8 heteroatoms. The van der Waals surface area contributed by atoms with Crippen molar-refractivity contribution < 1.29 is 13.2 Å². The van der Waals surface area contributed by atoms with Gasteiger partial charge in [-0.2, -0.15) is 0 Å². The summed E-state index contributed by atoms with van der Waals surface area (Å²) >= 11 is 0. The van der Waals surface area contributed by atoms with Gasteiger partial charge in [-0.15, -0.1) is 0 Å². The van der Waals surface area contributed by atoms with Crippen LogP contribution in [-0.2, 0) is 9.84 Å². The fourth-order valence-corrected chi connectivity index (χ4v) is 3.92. The highest BCUT2D eigenvalue weighted by Crippen LogP contribution is 2.26. The van der Waals surface area contributed by atoms with Crippen LogP contribution in [0.1, 0.15) is 31.4 Å². The molecular formula is C19H32N4O3S. The number of ether oxygens (including phenoxy) is 1. The van der Waals surface area contributed by atoms with Gasteiger partial charge in [0.1, 0.15) is 5.75 Å². The van der Waals surface area contributed by atoms with Crippen molar-refractivity contribution in [1.29, 1.82) is 0 Å². The molecule has 1 aromatic carbocycles. The van der Waals surface area contributed by atoms with E-state index in [0.29, 0.717) is 19.0 Å². The van der Waals surface area contributed by atoms with Crippen molar-refractivity contribution in [3.63, 3.8) is 0 Å². The van der Waals surface area contributed by atoms with Gasteiger partial charge < -0.3 is 15.4 Å². The number of hydrogen-bond donors (Lipinski definition) is 2. The number of nitrogens with one attached hydrogen (secondary N) is 2. The third-order valence-corrected chi connectivity index (χ3v) is 6.62. The second-order valence-electron chi connectivity index (χ2n) is 6.65. The van der Waals surface area contributed by atoms with Crippen LogP contribution in [0.4, 0.5) is 0 Å². The minimum Gasteiger partial charge on any atom is -0.497 e. The SMILES string of the molecule is CCS(=O)(=O)CCNC(=NC)NCC(c1ccc(OC)cc1)N1CCCC1. The predicted molar refractivity (Wildman–Crippen MR) is 110 cm³/mol. The van der Waals surface area contributed by atoms with Crippen molar-refractivity contribution in [3.05, 3.63) is 29.8 Å². The van der Waals surface area contributed by atoms with Gasteiger partial charge in [-0.05, 0) is 43.6 Å². The van der Waals surface area contributed by atoms with Crippen molar-refractivity contribution in [2.45, 2.75) is 25.8 Å². The number of benzene rings is 1. The van der Waals surface area contributed by atoms with Crippen LogP contribution in [-0.4, -0.2) is 71.1 Å². The summed E-state index contributed by atoms with van der Waals surface area (Å²) in [6, 6.07) is 8.42. The van der Waals surface area contributed by atoms with Crippen molar-refractivity contribution in [2.24, 2.45) is 4.99 Å². The largest absolute Gasteiger partial charge is 0.497 e. The molecule has 1 aromatic rings. The minimum atomic E-state index is -2.98. The zero-order valence-electron chi connectivity index (χ0n) is 16.6. The molecule has 0 spiro atoms. The van der Waals surface area contributed by atoms with Crippen LogP contribution in [0, 0.1) is 0 Å². The number of hydrogen-bond acceptors (Lipinski definition) is 5. The van der Waals surface area contributed by atoms with E-state index >= 15 is 0 Å². The maximum atomic E-state index is 11.6. The third-order valence-electron chi connectivity index (χ3n) is 4.91. The molecule has 0 saturated carbocycles. The zero-order chi connectivity index (χ0) is 19.7. The monoisotopic (exact) mass is 396 g/mol. The number of aliphatic imine (C=N–C) groups is 1. The van der Waals surface area contributed by atoms with E-state index in [2.05, 4.69) is 32.7 Å². The van der Waals surface area contributed by atoms with Crippen LogP contribution in [0.15, 0.2) is 29.3 Å². The Balaban J connectivity index is 1.97. The first-order chi connectivity index (χ1) is 13.0. The molecule has 0 radical (unpaired) electrons. The number of nitrogens with zero attached hydrogens (tertiary/aromatic N) is 2. The van der Waals surface area contributed by atoms with Crippen LogP contribution in [0.3, 0.4) is 0 Å². The Morgan fingerprint density at radius 1 is 1.22 bits per heavy atom. The van der Waals surface area contributed by atoms with Gasteiger partial charge in [0.2, 0.25) is 0 Å². The average molecular weight is 397 g/mol. The van der Waals surface area contributed by atoms with E-state index in [1.54, 1.807) is 21.1 Å². The van der Waals surface area contributed by atoms with Crippen LogP contribution < -0.4 is 15.4 Å². The lowest BCUT2D eigenvalue weighted by Crippen LogP contribution is -2.44. The number of guanidine groups is 1. The summed E-state index contributed by atoms with van der Waals surface area (Å²) in [5.41, 5.74) is 1.23. The van der Waals surface area contributed by atoms with Crippen molar-refractivity contribution >= 4 is 15.8 Å². The predicted octanol–water partition coefficient (Wildman–Crippen LogP) is 1.43. The lowest BCUT2D eigenvalue weighted by atomic mass is 10.1. The molecule has 1 aliphatic heterocycles. The Bertz CT molecular complexity index is 698. The summed E-state index contributed by atoms with van der Waals surface area (Å²) in [7, 11) is 0.383. The zero-order valence-corrected chi connectivity index (χ0v) is 17.4.